The van der Waals surface area contributed by atoms with Crippen LogP contribution in [0.3, 0.4) is 0 Å². The van der Waals surface area contributed by atoms with Crippen molar-refractivity contribution in [2.24, 2.45) is 11.8 Å². The van der Waals surface area contributed by atoms with E-state index < -0.39 is 5.92 Å². The first kappa shape index (κ1) is 15.8. The lowest BCUT2D eigenvalue weighted by atomic mass is 9.65. The van der Waals surface area contributed by atoms with E-state index in [2.05, 4.69) is 5.16 Å². The Morgan fingerprint density at radius 3 is 2.80 bits per heavy atom. The van der Waals surface area contributed by atoms with Gasteiger partial charge in [0.1, 0.15) is 12.2 Å². The van der Waals surface area contributed by atoms with Gasteiger partial charge in [-0.2, -0.15) is 0 Å². The van der Waals surface area contributed by atoms with Crippen molar-refractivity contribution in [1.29, 1.82) is 0 Å². The van der Waals surface area contributed by atoms with Crippen LogP contribution in [0.15, 0.2) is 47.0 Å². The Kier molecular flexibility index (Phi) is 3.99. The maximum absolute atomic E-state index is 13.0. The molecule has 0 aliphatic heterocycles. The smallest absolute Gasteiger partial charge is 0.265 e. The molecule has 2 aromatic rings. The maximum atomic E-state index is 13.0. The molecule has 5 heteroatoms. The number of carbonyl (C=O) groups excluding carboxylic acids is 2. The zero-order valence-corrected chi connectivity index (χ0v) is 14.0. The lowest BCUT2D eigenvalue weighted by Crippen LogP contribution is -2.40. The van der Waals surface area contributed by atoms with Gasteiger partial charge in [-0.1, -0.05) is 43.3 Å². The summed E-state index contributed by atoms with van der Waals surface area (Å²) in [6, 6.07) is 9.66. The van der Waals surface area contributed by atoms with Crippen LogP contribution in [0.5, 0.6) is 5.88 Å². The van der Waals surface area contributed by atoms with E-state index in [-0.39, 0.29) is 29.3 Å². The fourth-order valence-corrected chi connectivity index (χ4v) is 3.94. The molecule has 1 aromatic heterocycles. The lowest BCUT2D eigenvalue weighted by molar-refractivity contribution is -0.119. The number of carbonyl (C=O) groups is 2. The SMILES string of the molecule is CCC1c2onc(OCc3ccccc3)c2C(=O)C2C(=O)C=CCC21. The minimum Gasteiger partial charge on any atom is -0.470 e. The predicted octanol–water partition coefficient (Wildman–Crippen LogP) is 3.70. The van der Waals surface area contributed by atoms with E-state index in [9.17, 15) is 9.59 Å². The normalized spacial score (nSPS) is 24.8. The number of allylic oxidation sites excluding steroid dienone is 2. The molecule has 0 amide bonds. The molecule has 25 heavy (non-hydrogen) atoms. The van der Waals surface area contributed by atoms with Gasteiger partial charge in [-0.3, -0.25) is 9.59 Å². The number of hydrogen-bond acceptors (Lipinski definition) is 5. The van der Waals surface area contributed by atoms with E-state index in [4.69, 9.17) is 9.26 Å². The highest BCUT2D eigenvalue weighted by Gasteiger charge is 2.49. The molecule has 2 aliphatic carbocycles. The zero-order valence-electron chi connectivity index (χ0n) is 14.0. The second-order valence-corrected chi connectivity index (χ2v) is 6.56. The summed E-state index contributed by atoms with van der Waals surface area (Å²) in [6.07, 6.45) is 4.87. The molecule has 0 radical (unpaired) electrons. The highest BCUT2D eigenvalue weighted by molar-refractivity contribution is 6.16. The Hall–Kier alpha value is -2.69. The highest BCUT2D eigenvalue weighted by Crippen LogP contribution is 2.47. The number of rotatable bonds is 4. The van der Waals surface area contributed by atoms with Gasteiger partial charge in [0.2, 0.25) is 0 Å². The van der Waals surface area contributed by atoms with Crippen molar-refractivity contribution in [3.8, 4) is 5.88 Å². The van der Waals surface area contributed by atoms with Crippen LogP contribution in [-0.2, 0) is 11.4 Å². The van der Waals surface area contributed by atoms with Crippen LogP contribution < -0.4 is 4.74 Å². The van der Waals surface area contributed by atoms with Crippen molar-refractivity contribution in [2.75, 3.05) is 0 Å². The van der Waals surface area contributed by atoms with Crippen LogP contribution in [0.4, 0.5) is 0 Å². The van der Waals surface area contributed by atoms with Gasteiger partial charge in [-0.15, -0.1) is 0 Å². The zero-order chi connectivity index (χ0) is 17.4. The van der Waals surface area contributed by atoms with Crippen LogP contribution in [0.2, 0.25) is 0 Å². The van der Waals surface area contributed by atoms with Crippen LogP contribution >= 0.6 is 0 Å². The predicted molar refractivity (Wildman–Crippen MR) is 90.4 cm³/mol. The maximum Gasteiger partial charge on any atom is 0.265 e. The van der Waals surface area contributed by atoms with Crippen LogP contribution in [0.1, 0.15) is 47.4 Å². The molecule has 4 rings (SSSR count). The second kappa shape index (κ2) is 6.31. The summed E-state index contributed by atoms with van der Waals surface area (Å²) in [5, 5.41) is 3.99. The minimum atomic E-state index is -0.638. The van der Waals surface area contributed by atoms with Crippen LogP contribution in [0, 0.1) is 11.8 Å². The third kappa shape index (κ3) is 2.60. The van der Waals surface area contributed by atoms with Gasteiger partial charge in [0, 0.05) is 5.92 Å². The molecule has 2 aliphatic rings. The number of fused-ring (bicyclic) bond motifs is 2. The average Bonchev–Trinajstić information content (AvgIpc) is 3.05. The third-order valence-electron chi connectivity index (χ3n) is 5.15. The summed E-state index contributed by atoms with van der Waals surface area (Å²) in [5.74, 6) is -0.251. The fourth-order valence-electron chi connectivity index (χ4n) is 3.94. The van der Waals surface area contributed by atoms with Crippen LogP contribution in [0.25, 0.3) is 0 Å². The van der Waals surface area contributed by atoms with Gasteiger partial charge in [-0.25, -0.2) is 0 Å². The fraction of sp³-hybridized carbons (Fsp3) is 0.350. The molecule has 0 N–H and O–H groups in total. The number of aromatic nitrogens is 1. The summed E-state index contributed by atoms with van der Waals surface area (Å²) in [6.45, 7) is 2.34. The van der Waals surface area contributed by atoms with E-state index >= 15 is 0 Å². The van der Waals surface area contributed by atoms with Crippen molar-refractivity contribution < 1.29 is 18.8 Å². The Balaban J connectivity index is 1.67. The first-order valence-electron chi connectivity index (χ1n) is 8.61. The van der Waals surface area contributed by atoms with Gasteiger partial charge in [-0.05, 0) is 35.6 Å². The molecule has 1 aromatic carbocycles. The summed E-state index contributed by atoms with van der Waals surface area (Å²) < 4.78 is 11.3. The Bertz CT molecular complexity index is 837. The molecule has 1 heterocycles. The standard InChI is InChI=1S/C20H19NO4/c1-2-13-14-9-6-10-15(22)16(14)18(23)17-19(13)25-21-20(17)24-11-12-7-4-3-5-8-12/h3-8,10,13-14,16H,2,9,11H2,1H3. The largest absolute Gasteiger partial charge is 0.470 e. The molecule has 0 saturated carbocycles. The van der Waals surface area contributed by atoms with Gasteiger partial charge >= 0.3 is 0 Å². The summed E-state index contributed by atoms with van der Waals surface area (Å²) in [5.41, 5.74) is 1.33. The third-order valence-corrected chi connectivity index (χ3v) is 5.15. The molecule has 5 nitrogen and oxygen atoms in total. The van der Waals surface area contributed by atoms with E-state index in [1.807, 2.05) is 43.3 Å². The van der Waals surface area contributed by atoms with Crippen LogP contribution in [-0.4, -0.2) is 16.7 Å². The molecule has 0 bridgehead atoms. The molecule has 3 atom stereocenters. The molecule has 3 unspecified atom stereocenters. The van der Waals surface area contributed by atoms with E-state index in [1.54, 1.807) is 0 Å². The van der Waals surface area contributed by atoms with Gasteiger partial charge < -0.3 is 9.26 Å². The van der Waals surface area contributed by atoms with E-state index in [1.165, 1.54) is 6.08 Å². The van der Waals surface area contributed by atoms with Gasteiger partial charge in [0.25, 0.3) is 5.88 Å². The number of hydrogen-bond donors (Lipinski definition) is 0. The Morgan fingerprint density at radius 1 is 1.24 bits per heavy atom. The first-order chi connectivity index (χ1) is 12.2. The monoisotopic (exact) mass is 337 g/mol. The molecular formula is C20H19NO4. The number of ketones is 2. The van der Waals surface area contributed by atoms with Crippen molar-refractivity contribution >= 4 is 11.6 Å². The van der Waals surface area contributed by atoms with E-state index in [0.717, 1.165) is 12.0 Å². The summed E-state index contributed by atoms with van der Waals surface area (Å²) in [4.78, 5) is 25.3. The van der Waals surface area contributed by atoms with Crippen molar-refractivity contribution in [2.45, 2.75) is 32.3 Å². The van der Waals surface area contributed by atoms with E-state index in [0.29, 0.717) is 24.4 Å². The molecule has 0 spiro atoms. The first-order valence-corrected chi connectivity index (χ1v) is 8.61. The minimum absolute atomic E-state index is 0.00757. The number of ether oxygens (including phenoxy) is 1. The highest BCUT2D eigenvalue weighted by atomic mass is 16.5. The second-order valence-electron chi connectivity index (χ2n) is 6.56. The number of Topliss-reactive ketones (excluding diaryl/α,β-unsaturated/α-hetero) is 1. The van der Waals surface area contributed by atoms with Gasteiger partial charge in [0.05, 0.1) is 5.92 Å². The quantitative estimate of drug-likeness (QED) is 0.796. The van der Waals surface area contributed by atoms with Crippen molar-refractivity contribution in [1.82, 2.24) is 5.16 Å². The Morgan fingerprint density at radius 2 is 2.04 bits per heavy atom. The number of nitrogens with zero attached hydrogens (tertiary/aromatic N) is 1. The lowest BCUT2D eigenvalue weighted by Gasteiger charge is -2.35. The molecular weight excluding hydrogens is 318 g/mol. The van der Waals surface area contributed by atoms with Gasteiger partial charge in [0.15, 0.2) is 17.3 Å². The summed E-state index contributed by atoms with van der Waals surface area (Å²) in [7, 11) is 0. The number of benzene rings is 1. The average molecular weight is 337 g/mol. The topological polar surface area (TPSA) is 69.4 Å². The Labute approximate surface area is 145 Å². The van der Waals surface area contributed by atoms with Crippen molar-refractivity contribution in [3.63, 3.8) is 0 Å². The molecule has 0 saturated heterocycles. The molecule has 0 fully saturated rings. The van der Waals surface area contributed by atoms with Crippen molar-refractivity contribution in [3.05, 3.63) is 59.4 Å². The summed E-state index contributed by atoms with van der Waals surface area (Å²) >= 11 is 0. The molecule has 128 valence electrons.